The van der Waals surface area contributed by atoms with Gasteiger partial charge in [0.1, 0.15) is 0 Å². The maximum absolute atomic E-state index is 5.48. The van der Waals surface area contributed by atoms with Crippen molar-refractivity contribution in [3.05, 3.63) is 461 Å². The summed E-state index contributed by atoms with van der Waals surface area (Å²) in [6, 6.07) is 166. The van der Waals surface area contributed by atoms with Gasteiger partial charge in [-0.05, 0) is 230 Å². The Morgan fingerprint density at radius 2 is 0.563 bits per heavy atom. The summed E-state index contributed by atoms with van der Waals surface area (Å²) in [6.07, 6.45) is 0. The van der Waals surface area contributed by atoms with Gasteiger partial charge in [0.15, 0.2) is 11.6 Å². The Morgan fingerprint density at radius 1 is 0.159 bits per heavy atom. The molecule has 586 valence electrons. The summed E-state index contributed by atoms with van der Waals surface area (Å²) in [4.78, 5) is 21.8. The van der Waals surface area contributed by atoms with Crippen LogP contribution in [0.3, 0.4) is 0 Å². The van der Waals surface area contributed by atoms with Crippen LogP contribution >= 0.6 is 0 Å². The fraction of sp³-hybridized carbons (Fsp3) is 0. The minimum absolute atomic E-state index is 0.684. The maximum atomic E-state index is 5.48. The van der Waals surface area contributed by atoms with Gasteiger partial charge in [-0.3, -0.25) is 0 Å². The molecule has 4 aromatic heterocycles. The minimum Gasteiger partial charge on any atom is -0.309 e. The van der Waals surface area contributed by atoms with Crippen molar-refractivity contribution in [1.29, 1.82) is 0 Å². The van der Waals surface area contributed by atoms with Crippen LogP contribution < -0.4 is 0 Å². The predicted molar refractivity (Wildman–Crippen MR) is 530 cm³/mol. The lowest BCUT2D eigenvalue weighted by atomic mass is 9.90. The van der Waals surface area contributed by atoms with Gasteiger partial charge in [-0.1, -0.05) is 346 Å². The summed E-state index contributed by atoms with van der Waals surface area (Å²) in [6.45, 7) is 0. The third kappa shape index (κ3) is 12.9. The Morgan fingerprint density at radius 3 is 1.13 bits per heavy atom. The van der Waals surface area contributed by atoms with Crippen molar-refractivity contribution in [2.45, 2.75) is 0 Å². The number of benzene rings is 21. The van der Waals surface area contributed by atoms with Gasteiger partial charge < -0.3 is 9.13 Å². The molecule has 4 heterocycles. The third-order valence-corrected chi connectivity index (χ3v) is 25.3. The number of fused-ring (bicyclic) bond motifs is 13. The van der Waals surface area contributed by atoms with E-state index in [1.54, 1.807) is 0 Å². The fourth-order valence-electron chi connectivity index (χ4n) is 19.2. The highest BCUT2D eigenvalue weighted by Crippen LogP contribution is 2.47. The first kappa shape index (κ1) is 73.1. The van der Waals surface area contributed by atoms with Crippen LogP contribution in [-0.2, 0) is 0 Å². The first-order chi connectivity index (χ1) is 62.4. The van der Waals surface area contributed by atoms with Crippen LogP contribution in [-0.4, -0.2) is 29.1 Å². The van der Waals surface area contributed by atoms with Gasteiger partial charge >= 0.3 is 0 Å². The summed E-state index contributed by atoms with van der Waals surface area (Å²) in [5, 5.41) is 18.9. The average molecular weight is 1600 g/mol. The molecule has 6 heteroatoms. The van der Waals surface area contributed by atoms with E-state index in [4.69, 9.17) is 19.9 Å². The standard InChI is InChI=1S/C62H39N3.C58H37N3/c1-3-16-42(17-4-1)52-24-13-25-58-60(52)56-36-47-22-11-12-23-48(47)37-59(56)65(58)51-32-30-44(31-33-51)62-63-57-39-54(49-28-26-40-14-7-9-20-45(40)34-49)53(43-18-5-2-6-19-43)38-55(57)61(64-62)50-29-27-41-15-8-10-21-46(41)35-50;1-5-17-38(18-6-1)44-29-31-55-50(34-44)51-33-42-25-13-14-26-43(42)35-56(51)61(55)54-32-30-47(45-27-15-16-28-46(45)54)58-59-53-37-49(40-21-9-3-10-22-40)48(39-19-7-2-8-20-39)36-52(53)57(60-58)41-23-11-4-12-24-41/h1-39H;1-37H. The van der Waals surface area contributed by atoms with Crippen molar-refractivity contribution in [3.8, 4) is 123 Å². The van der Waals surface area contributed by atoms with Crippen molar-refractivity contribution in [2.75, 3.05) is 0 Å². The predicted octanol–water partition coefficient (Wildman–Crippen LogP) is 31.9. The number of hydrogen-bond acceptors (Lipinski definition) is 4. The molecular weight excluding hydrogens is 1530 g/mol. The molecule has 0 N–H and O–H groups in total. The summed E-state index contributed by atoms with van der Waals surface area (Å²) in [5.74, 6) is 1.38. The molecule has 0 saturated heterocycles. The van der Waals surface area contributed by atoms with E-state index in [-0.39, 0.29) is 0 Å². The third-order valence-electron chi connectivity index (χ3n) is 25.3. The van der Waals surface area contributed by atoms with Crippen LogP contribution in [0.1, 0.15) is 0 Å². The fourth-order valence-corrected chi connectivity index (χ4v) is 19.2. The molecule has 25 aromatic rings. The summed E-state index contributed by atoms with van der Waals surface area (Å²) >= 11 is 0. The Balaban J connectivity index is 0.000000141. The lowest BCUT2D eigenvalue weighted by Gasteiger charge is -2.17. The lowest BCUT2D eigenvalue weighted by Crippen LogP contribution is -2.00. The average Bonchev–Trinajstić information content (AvgIpc) is 1.54. The molecule has 6 nitrogen and oxygen atoms in total. The number of aromatic nitrogens is 6. The van der Waals surface area contributed by atoms with Gasteiger partial charge in [0.05, 0.1) is 50.2 Å². The zero-order chi connectivity index (χ0) is 83.1. The lowest BCUT2D eigenvalue weighted by molar-refractivity contribution is 1.17. The molecule has 0 bridgehead atoms. The largest absolute Gasteiger partial charge is 0.309 e. The molecule has 0 saturated carbocycles. The number of rotatable bonds is 12. The van der Waals surface area contributed by atoms with E-state index in [0.717, 1.165) is 122 Å². The Kier molecular flexibility index (Phi) is 17.8. The second-order valence-corrected chi connectivity index (χ2v) is 32.7. The highest BCUT2D eigenvalue weighted by atomic mass is 15.0. The van der Waals surface area contributed by atoms with Crippen molar-refractivity contribution < 1.29 is 0 Å². The van der Waals surface area contributed by atoms with Crippen molar-refractivity contribution in [3.63, 3.8) is 0 Å². The van der Waals surface area contributed by atoms with Crippen LogP contribution in [0.2, 0.25) is 0 Å². The summed E-state index contributed by atoms with van der Waals surface area (Å²) in [7, 11) is 0. The van der Waals surface area contributed by atoms with Crippen LogP contribution in [0, 0.1) is 0 Å². The highest BCUT2D eigenvalue weighted by molar-refractivity contribution is 6.20. The van der Waals surface area contributed by atoms with Gasteiger partial charge in [-0.2, -0.15) is 0 Å². The van der Waals surface area contributed by atoms with E-state index in [0.29, 0.717) is 11.6 Å². The first-order valence-corrected chi connectivity index (χ1v) is 43.0. The van der Waals surface area contributed by atoms with Gasteiger partial charge in [0.2, 0.25) is 0 Å². The Bertz CT molecular complexity index is 8600. The van der Waals surface area contributed by atoms with Crippen LogP contribution in [0.5, 0.6) is 0 Å². The van der Waals surface area contributed by atoms with Gasteiger partial charge in [0.25, 0.3) is 0 Å². The van der Waals surface area contributed by atoms with Crippen LogP contribution in [0.4, 0.5) is 0 Å². The Labute approximate surface area is 727 Å². The number of hydrogen-bond donors (Lipinski definition) is 0. The van der Waals surface area contributed by atoms with Crippen LogP contribution in [0.15, 0.2) is 461 Å². The second-order valence-electron chi connectivity index (χ2n) is 32.7. The molecule has 126 heavy (non-hydrogen) atoms. The topological polar surface area (TPSA) is 61.4 Å². The summed E-state index contributed by atoms with van der Waals surface area (Å²) < 4.78 is 4.86. The smallest absolute Gasteiger partial charge is 0.161 e. The molecule has 0 aliphatic carbocycles. The quantitative estimate of drug-likeness (QED) is 0.122. The normalized spacial score (nSPS) is 11.7. The molecule has 0 fully saturated rings. The first-order valence-electron chi connectivity index (χ1n) is 43.0. The molecule has 0 amide bonds. The van der Waals surface area contributed by atoms with Gasteiger partial charge in [0, 0.05) is 65.6 Å². The molecular formula is C120H76N6. The van der Waals surface area contributed by atoms with E-state index >= 15 is 0 Å². The molecule has 25 rings (SSSR count). The van der Waals surface area contributed by atoms with Gasteiger partial charge in [-0.25, -0.2) is 19.9 Å². The SMILES string of the molecule is c1ccc(-c2cc3c(-c4ccc5ccccc5c4)nc(-c4ccc(-n5c6cc7ccccc7cc6c6c(-c7ccccc7)cccc65)cc4)nc3cc2-c2ccc3ccccc3c2)cc1.c1ccc(-c2ccc3c(c2)c2cc4ccccc4cc2n3-c2ccc(-c3nc(-c4ccccc4)c4cc(-c5ccccc5)c(-c5ccccc5)cc4n3)c3ccccc23)cc1. The molecule has 21 aromatic carbocycles. The van der Waals surface area contributed by atoms with Crippen LogP contribution in [0.25, 0.3) is 243 Å². The van der Waals surface area contributed by atoms with E-state index < -0.39 is 0 Å². The van der Waals surface area contributed by atoms with E-state index in [1.165, 1.54) is 109 Å². The molecule has 0 unspecified atom stereocenters. The van der Waals surface area contributed by atoms with Crippen molar-refractivity contribution in [2.24, 2.45) is 0 Å². The van der Waals surface area contributed by atoms with E-state index in [2.05, 4.69) is 470 Å². The van der Waals surface area contributed by atoms with E-state index in [1.807, 2.05) is 0 Å². The molecule has 0 atom stereocenters. The zero-order valence-corrected chi connectivity index (χ0v) is 68.6. The summed E-state index contributed by atoms with van der Waals surface area (Å²) in [5.41, 5.74) is 28.5. The minimum atomic E-state index is 0.684. The Hall–Kier alpha value is -16.8. The maximum Gasteiger partial charge on any atom is 0.161 e. The monoisotopic (exact) mass is 1600 g/mol. The number of nitrogens with zero attached hydrogens (tertiary/aromatic N) is 6. The van der Waals surface area contributed by atoms with Crippen molar-refractivity contribution in [1.82, 2.24) is 29.1 Å². The zero-order valence-electron chi connectivity index (χ0n) is 68.6. The highest BCUT2D eigenvalue weighted by Gasteiger charge is 2.25. The second kappa shape index (κ2) is 30.7. The molecule has 0 aliphatic rings. The van der Waals surface area contributed by atoms with Crippen molar-refractivity contribution >= 4 is 119 Å². The van der Waals surface area contributed by atoms with Gasteiger partial charge in [-0.15, -0.1) is 0 Å². The van der Waals surface area contributed by atoms with E-state index in [9.17, 15) is 0 Å². The molecule has 0 aliphatic heterocycles. The molecule has 0 spiro atoms. The molecule has 0 radical (unpaired) electrons.